The fourth-order valence-corrected chi connectivity index (χ4v) is 5.43. The van der Waals surface area contributed by atoms with Gasteiger partial charge in [-0.05, 0) is 53.4 Å². The Kier molecular flexibility index (Phi) is 8.41. The molecule has 5 nitrogen and oxygen atoms in total. The average Bonchev–Trinajstić information content (AvgIpc) is 3.31. The molecule has 4 rings (SSSR count). The number of hydrogen-bond acceptors (Lipinski definition) is 5. The van der Waals surface area contributed by atoms with Crippen molar-refractivity contribution in [3.05, 3.63) is 95.6 Å². The van der Waals surface area contributed by atoms with Gasteiger partial charge in [-0.3, -0.25) is 9.59 Å². The molecule has 0 fully saturated rings. The average molecular weight is 534 g/mol. The zero-order chi connectivity index (χ0) is 26.4. The third-order valence-corrected chi connectivity index (χ3v) is 7.28. The highest BCUT2D eigenvalue weighted by Crippen LogP contribution is 2.38. The molecule has 37 heavy (non-hydrogen) atoms. The molecule has 4 aromatic rings. The van der Waals surface area contributed by atoms with Crippen LogP contribution >= 0.6 is 23.1 Å². The quantitative estimate of drug-likeness (QED) is 0.227. The van der Waals surface area contributed by atoms with Gasteiger partial charge in [0.1, 0.15) is 11.1 Å². The summed E-state index contributed by atoms with van der Waals surface area (Å²) in [4.78, 5) is 31.2. The molecular formula is C29H28FN3O2S2. The molecule has 8 heteroatoms. The first-order chi connectivity index (χ1) is 17.7. The van der Waals surface area contributed by atoms with E-state index in [2.05, 4.69) is 15.6 Å². The summed E-state index contributed by atoms with van der Waals surface area (Å²) in [7, 11) is 0. The SMILES string of the molecule is CC(C)(C)CC(=O)Nc1cccc(SC(C(=O)Nc2nc(-c3ccc(F)cc3)cs2)c2ccccc2)c1. The first kappa shape index (κ1) is 26.6. The number of nitrogens with zero attached hydrogens (tertiary/aromatic N) is 1. The van der Waals surface area contributed by atoms with E-state index in [0.29, 0.717) is 22.9 Å². The molecule has 0 spiro atoms. The second-order valence-electron chi connectivity index (χ2n) is 9.76. The van der Waals surface area contributed by atoms with Crippen LogP contribution in [-0.2, 0) is 9.59 Å². The van der Waals surface area contributed by atoms with E-state index in [-0.39, 0.29) is 23.0 Å². The Morgan fingerprint density at radius 3 is 2.41 bits per heavy atom. The lowest BCUT2D eigenvalue weighted by Gasteiger charge is -2.18. The van der Waals surface area contributed by atoms with E-state index in [1.807, 2.05) is 80.7 Å². The second kappa shape index (κ2) is 11.7. The molecular weight excluding hydrogens is 505 g/mol. The Hall–Kier alpha value is -3.49. The Labute approximate surface area is 224 Å². The van der Waals surface area contributed by atoms with Crippen molar-refractivity contribution in [2.24, 2.45) is 5.41 Å². The van der Waals surface area contributed by atoms with Gasteiger partial charge >= 0.3 is 0 Å². The zero-order valence-corrected chi connectivity index (χ0v) is 22.5. The number of thioether (sulfide) groups is 1. The number of carbonyl (C=O) groups excluding carboxylic acids is 2. The topological polar surface area (TPSA) is 71.1 Å². The van der Waals surface area contributed by atoms with Gasteiger partial charge in [-0.2, -0.15) is 0 Å². The van der Waals surface area contributed by atoms with Crippen LogP contribution in [0.15, 0.2) is 89.1 Å². The number of amides is 2. The molecule has 1 unspecified atom stereocenters. The highest BCUT2D eigenvalue weighted by molar-refractivity contribution is 8.00. The molecule has 0 saturated carbocycles. The number of thiazole rings is 1. The first-order valence-electron chi connectivity index (χ1n) is 11.8. The normalized spacial score (nSPS) is 12.1. The van der Waals surface area contributed by atoms with Crippen molar-refractivity contribution in [2.45, 2.75) is 37.3 Å². The van der Waals surface area contributed by atoms with Gasteiger partial charge in [0.25, 0.3) is 0 Å². The van der Waals surface area contributed by atoms with Gasteiger partial charge in [0.05, 0.1) is 5.69 Å². The van der Waals surface area contributed by atoms with Crippen LogP contribution in [0.3, 0.4) is 0 Å². The van der Waals surface area contributed by atoms with Crippen molar-refractivity contribution < 1.29 is 14.0 Å². The molecule has 1 atom stereocenters. The summed E-state index contributed by atoms with van der Waals surface area (Å²) < 4.78 is 13.3. The highest BCUT2D eigenvalue weighted by Gasteiger charge is 2.24. The molecule has 1 heterocycles. The number of benzene rings is 3. The number of rotatable bonds is 8. The van der Waals surface area contributed by atoms with E-state index in [1.165, 1.54) is 35.2 Å². The van der Waals surface area contributed by atoms with Crippen molar-refractivity contribution in [3.63, 3.8) is 0 Å². The first-order valence-corrected chi connectivity index (χ1v) is 13.6. The molecule has 0 aliphatic rings. The summed E-state index contributed by atoms with van der Waals surface area (Å²) in [5, 5.41) is 7.65. The summed E-state index contributed by atoms with van der Waals surface area (Å²) in [5.74, 6) is -0.570. The molecule has 0 bridgehead atoms. The minimum absolute atomic E-state index is 0.0484. The van der Waals surface area contributed by atoms with Crippen molar-refractivity contribution in [3.8, 4) is 11.3 Å². The molecule has 2 amide bonds. The van der Waals surface area contributed by atoms with Crippen LogP contribution < -0.4 is 10.6 Å². The molecule has 190 valence electrons. The van der Waals surface area contributed by atoms with E-state index in [1.54, 1.807) is 12.1 Å². The number of carbonyl (C=O) groups is 2. The van der Waals surface area contributed by atoms with Crippen LogP contribution in [0.2, 0.25) is 0 Å². The summed E-state index contributed by atoms with van der Waals surface area (Å²) in [6.45, 7) is 6.06. The van der Waals surface area contributed by atoms with Crippen molar-refractivity contribution >= 4 is 45.7 Å². The van der Waals surface area contributed by atoms with Crippen LogP contribution in [0.5, 0.6) is 0 Å². The predicted molar refractivity (Wildman–Crippen MR) is 150 cm³/mol. The minimum Gasteiger partial charge on any atom is -0.326 e. The summed E-state index contributed by atoms with van der Waals surface area (Å²) >= 11 is 2.72. The molecule has 1 aromatic heterocycles. The van der Waals surface area contributed by atoms with Gasteiger partial charge in [0.2, 0.25) is 11.8 Å². The van der Waals surface area contributed by atoms with Gasteiger partial charge in [-0.15, -0.1) is 23.1 Å². The number of nitrogens with one attached hydrogen (secondary N) is 2. The third kappa shape index (κ3) is 7.74. The molecule has 3 aromatic carbocycles. The largest absolute Gasteiger partial charge is 0.326 e. The van der Waals surface area contributed by atoms with Crippen molar-refractivity contribution in [1.29, 1.82) is 0 Å². The summed E-state index contributed by atoms with van der Waals surface area (Å²) in [5.41, 5.74) is 2.87. The van der Waals surface area contributed by atoms with Crippen LogP contribution in [0.4, 0.5) is 15.2 Å². The van der Waals surface area contributed by atoms with Crippen molar-refractivity contribution in [2.75, 3.05) is 10.6 Å². The van der Waals surface area contributed by atoms with E-state index in [4.69, 9.17) is 0 Å². The third-order valence-electron chi connectivity index (χ3n) is 5.28. The maximum Gasteiger partial charge on any atom is 0.244 e. The molecule has 0 saturated heterocycles. The Morgan fingerprint density at radius 1 is 0.973 bits per heavy atom. The van der Waals surface area contributed by atoms with E-state index >= 15 is 0 Å². The van der Waals surface area contributed by atoms with Crippen LogP contribution in [0, 0.1) is 11.2 Å². The summed E-state index contributed by atoms with van der Waals surface area (Å²) in [6, 6.07) is 23.1. The summed E-state index contributed by atoms with van der Waals surface area (Å²) in [6.07, 6.45) is 0.410. The number of anilines is 2. The minimum atomic E-state index is -0.542. The van der Waals surface area contributed by atoms with Crippen LogP contribution in [0.1, 0.15) is 38.0 Å². The van der Waals surface area contributed by atoms with E-state index in [0.717, 1.165) is 16.0 Å². The fraction of sp³-hybridized carbons (Fsp3) is 0.207. The molecule has 0 aliphatic carbocycles. The number of halogens is 1. The highest BCUT2D eigenvalue weighted by atomic mass is 32.2. The maximum atomic E-state index is 13.4. The van der Waals surface area contributed by atoms with E-state index in [9.17, 15) is 14.0 Å². The monoisotopic (exact) mass is 533 g/mol. The van der Waals surface area contributed by atoms with E-state index < -0.39 is 5.25 Å². The van der Waals surface area contributed by atoms with Crippen molar-refractivity contribution in [1.82, 2.24) is 4.98 Å². The lowest BCUT2D eigenvalue weighted by Crippen LogP contribution is -2.20. The van der Waals surface area contributed by atoms with Crippen LogP contribution in [0.25, 0.3) is 11.3 Å². The molecule has 0 aliphatic heterocycles. The van der Waals surface area contributed by atoms with Gasteiger partial charge in [-0.25, -0.2) is 9.37 Å². The second-order valence-corrected chi connectivity index (χ2v) is 11.8. The van der Waals surface area contributed by atoms with Gasteiger partial charge in [-0.1, -0.05) is 57.2 Å². The Morgan fingerprint density at radius 2 is 1.70 bits per heavy atom. The number of aromatic nitrogens is 1. The number of hydrogen-bond donors (Lipinski definition) is 2. The van der Waals surface area contributed by atoms with Gasteiger partial charge in [0, 0.05) is 27.9 Å². The maximum absolute atomic E-state index is 13.4. The van der Waals surface area contributed by atoms with Gasteiger partial charge in [0.15, 0.2) is 5.13 Å². The van der Waals surface area contributed by atoms with Gasteiger partial charge < -0.3 is 10.6 Å². The zero-order valence-electron chi connectivity index (χ0n) is 20.8. The standard InChI is InChI=1S/C29H28FN3O2S2/c1-29(2,3)17-25(34)31-22-10-7-11-23(16-22)37-26(20-8-5-4-6-9-20)27(35)33-28-32-24(18-36-28)19-12-14-21(30)15-13-19/h4-16,18,26H,17H2,1-3H3,(H,31,34)(H,32,33,35). The Balaban J connectivity index is 1.51. The predicted octanol–water partition coefficient (Wildman–Crippen LogP) is 7.80. The molecule has 0 radical (unpaired) electrons. The Bertz CT molecular complexity index is 1370. The molecule has 2 N–H and O–H groups in total. The lowest BCUT2D eigenvalue weighted by atomic mass is 9.92. The lowest BCUT2D eigenvalue weighted by molar-refractivity contribution is -0.118. The smallest absolute Gasteiger partial charge is 0.244 e. The fourth-order valence-electron chi connectivity index (χ4n) is 3.63. The van der Waals surface area contributed by atoms with Crippen LogP contribution in [-0.4, -0.2) is 16.8 Å².